The van der Waals surface area contributed by atoms with E-state index in [4.69, 9.17) is 5.11 Å². The van der Waals surface area contributed by atoms with Gasteiger partial charge in [0.1, 0.15) is 0 Å². The summed E-state index contributed by atoms with van der Waals surface area (Å²) in [6.45, 7) is 3.81. The Balaban J connectivity index is 1.83. The molecule has 0 saturated heterocycles. The van der Waals surface area contributed by atoms with E-state index >= 15 is 0 Å². The normalized spacial score (nSPS) is 10.3. The fraction of sp³-hybridized carbons (Fsp3) is 0.278. The summed E-state index contributed by atoms with van der Waals surface area (Å²) in [4.78, 5) is 42.9. The average Bonchev–Trinajstić information content (AvgIpc) is 2.59. The van der Waals surface area contributed by atoms with Crippen LogP contribution in [0.4, 0.5) is 5.69 Å². The molecule has 1 heterocycles. The van der Waals surface area contributed by atoms with E-state index in [0.29, 0.717) is 16.4 Å². The first kappa shape index (κ1) is 20.4. The van der Waals surface area contributed by atoms with Crippen molar-refractivity contribution in [3.05, 3.63) is 47.3 Å². The van der Waals surface area contributed by atoms with Crippen molar-refractivity contribution in [2.45, 2.75) is 25.4 Å². The van der Waals surface area contributed by atoms with E-state index < -0.39 is 5.97 Å². The van der Waals surface area contributed by atoms with Gasteiger partial charge in [0, 0.05) is 29.2 Å². The van der Waals surface area contributed by atoms with Gasteiger partial charge >= 0.3 is 5.97 Å². The molecule has 0 spiro atoms. The van der Waals surface area contributed by atoms with Crippen molar-refractivity contribution in [3.8, 4) is 0 Å². The second-order valence-electron chi connectivity index (χ2n) is 5.75. The van der Waals surface area contributed by atoms with Crippen LogP contribution in [0.15, 0.2) is 35.5 Å². The van der Waals surface area contributed by atoms with Crippen molar-refractivity contribution >= 4 is 35.2 Å². The number of aryl methyl sites for hydroxylation is 2. The molecule has 3 N–H and O–H groups in total. The lowest BCUT2D eigenvalue weighted by Crippen LogP contribution is -2.26. The maximum absolute atomic E-state index is 12.1. The molecule has 1 aromatic carbocycles. The molecule has 0 aliphatic rings. The largest absolute Gasteiger partial charge is 0.481 e. The molecular formula is C18H20N4O4S. The number of thioether (sulfide) groups is 1. The molecule has 8 nitrogen and oxygen atoms in total. The van der Waals surface area contributed by atoms with E-state index in [-0.39, 0.29) is 30.5 Å². The van der Waals surface area contributed by atoms with Gasteiger partial charge in [0.15, 0.2) is 5.16 Å². The van der Waals surface area contributed by atoms with Gasteiger partial charge in [0.2, 0.25) is 5.91 Å². The van der Waals surface area contributed by atoms with Crippen molar-refractivity contribution < 1.29 is 19.5 Å². The smallest absolute Gasteiger partial charge is 0.305 e. The van der Waals surface area contributed by atoms with Crippen molar-refractivity contribution in [1.82, 2.24) is 15.3 Å². The zero-order chi connectivity index (χ0) is 19.8. The zero-order valence-electron chi connectivity index (χ0n) is 15.0. The third-order valence-electron chi connectivity index (χ3n) is 3.35. The minimum Gasteiger partial charge on any atom is -0.481 e. The predicted octanol–water partition coefficient (Wildman–Crippen LogP) is 2.03. The molecule has 0 saturated carbocycles. The van der Waals surface area contributed by atoms with Gasteiger partial charge in [-0.2, -0.15) is 0 Å². The fourth-order valence-corrected chi connectivity index (χ4v) is 2.92. The number of amides is 2. The number of carbonyl (C=O) groups is 3. The topological polar surface area (TPSA) is 121 Å². The van der Waals surface area contributed by atoms with Crippen molar-refractivity contribution in [2.24, 2.45) is 0 Å². The molecule has 2 aromatic rings. The Morgan fingerprint density at radius 2 is 1.70 bits per heavy atom. The Morgan fingerprint density at radius 1 is 1.07 bits per heavy atom. The SMILES string of the molecule is Cc1cc(C)nc(SCC(=O)Nc2ccc(C(=O)NCCC(=O)O)cc2)n1. The number of nitrogens with zero attached hydrogens (tertiary/aromatic N) is 2. The number of carboxylic acid groups (broad SMARTS) is 1. The molecule has 0 aliphatic heterocycles. The fourth-order valence-electron chi connectivity index (χ4n) is 2.18. The number of hydrogen-bond acceptors (Lipinski definition) is 6. The number of aromatic nitrogens is 2. The van der Waals surface area contributed by atoms with Gasteiger partial charge in [-0.15, -0.1) is 0 Å². The summed E-state index contributed by atoms with van der Waals surface area (Å²) in [7, 11) is 0. The van der Waals surface area contributed by atoms with E-state index in [0.717, 1.165) is 11.4 Å². The lowest BCUT2D eigenvalue weighted by Gasteiger charge is -2.07. The molecule has 27 heavy (non-hydrogen) atoms. The molecule has 2 amide bonds. The van der Waals surface area contributed by atoms with Crippen LogP contribution in [0.2, 0.25) is 0 Å². The van der Waals surface area contributed by atoms with Crippen LogP contribution < -0.4 is 10.6 Å². The summed E-state index contributed by atoms with van der Waals surface area (Å²) in [5.41, 5.74) is 2.64. The molecular weight excluding hydrogens is 368 g/mol. The second-order valence-corrected chi connectivity index (χ2v) is 6.69. The molecule has 1 aromatic heterocycles. The van der Waals surface area contributed by atoms with Crippen LogP contribution >= 0.6 is 11.8 Å². The maximum Gasteiger partial charge on any atom is 0.305 e. The van der Waals surface area contributed by atoms with E-state index in [1.165, 1.54) is 11.8 Å². The number of hydrogen-bond donors (Lipinski definition) is 3. The molecule has 2 rings (SSSR count). The average molecular weight is 388 g/mol. The van der Waals surface area contributed by atoms with E-state index in [1.54, 1.807) is 24.3 Å². The van der Waals surface area contributed by atoms with E-state index in [9.17, 15) is 14.4 Å². The van der Waals surface area contributed by atoms with Crippen LogP contribution in [0.3, 0.4) is 0 Å². The first-order chi connectivity index (χ1) is 12.8. The summed E-state index contributed by atoms with van der Waals surface area (Å²) >= 11 is 1.25. The summed E-state index contributed by atoms with van der Waals surface area (Å²) in [5.74, 6) is -1.38. The standard InChI is InChI=1S/C18H20N4O4S/c1-11-9-12(2)21-18(20-11)27-10-15(23)22-14-5-3-13(4-6-14)17(26)19-8-7-16(24)25/h3-6,9H,7-8,10H2,1-2H3,(H,19,26)(H,22,23)(H,24,25). The molecule has 0 fully saturated rings. The zero-order valence-corrected chi connectivity index (χ0v) is 15.8. The van der Waals surface area contributed by atoms with Crippen molar-refractivity contribution in [3.63, 3.8) is 0 Å². The quantitative estimate of drug-likeness (QED) is 0.467. The number of rotatable bonds is 8. The molecule has 0 radical (unpaired) electrons. The Morgan fingerprint density at radius 3 is 2.30 bits per heavy atom. The Hall–Kier alpha value is -2.94. The van der Waals surface area contributed by atoms with Gasteiger partial charge in [-0.05, 0) is 44.2 Å². The first-order valence-electron chi connectivity index (χ1n) is 8.18. The van der Waals surface area contributed by atoms with Gasteiger partial charge < -0.3 is 15.7 Å². The van der Waals surface area contributed by atoms with Crippen molar-refractivity contribution in [2.75, 3.05) is 17.6 Å². The first-order valence-corrected chi connectivity index (χ1v) is 9.17. The van der Waals surface area contributed by atoms with Crippen LogP contribution in [0, 0.1) is 13.8 Å². The highest BCUT2D eigenvalue weighted by molar-refractivity contribution is 7.99. The molecule has 0 atom stereocenters. The van der Waals surface area contributed by atoms with Crippen LogP contribution in [0.1, 0.15) is 28.2 Å². The van der Waals surface area contributed by atoms with Crippen LogP contribution in [0.5, 0.6) is 0 Å². The van der Waals surface area contributed by atoms with Crippen LogP contribution in [-0.4, -0.2) is 45.2 Å². The van der Waals surface area contributed by atoms with Gasteiger partial charge in [-0.3, -0.25) is 14.4 Å². The van der Waals surface area contributed by atoms with Gasteiger partial charge in [-0.1, -0.05) is 11.8 Å². The van der Waals surface area contributed by atoms with E-state index in [2.05, 4.69) is 20.6 Å². The molecule has 0 bridgehead atoms. The second kappa shape index (κ2) is 9.67. The van der Waals surface area contributed by atoms with Crippen LogP contribution in [-0.2, 0) is 9.59 Å². The number of aliphatic carboxylic acids is 1. The molecule has 0 unspecified atom stereocenters. The number of nitrogens with one attached hydrogen (secondary N) is 2. The lowest BCUT2D eigenvalue weighted by molar-refractivity contribution is -0.136. The Bertz CT molecular complexity index is 820. The monoisotopic (exact) mass is 388 g/mol. The molecule has 9 heteroatoms. The maximum atomic E-state index is 12.1. The van der Waals surface area contributed by atoms with Gasteiger partial charge in [0.25, 0.3) is 5.91 Å². The summed E-state index contributed by atoms with van der Waals surface area (Å²) < 4.78 is 0. The third kappa shape index (κ3) is 7.06. The number of anilines is 1. The highest BCUT2D eigenvalue weighted by Gasteiger charge is 2.09. The Kier molecular flexibility index (Phi) is 7.30. The van der Waals surface area contributed by atoms with Gasteiger partial charge in [0.05, 0.1) is 12.2 Å². The number of carbonyl (C=O) groups excluding carboxylic acids is 2. The molecule has 142 valence electrons. The van der Waals surface area contributed by atoms with Crippen LogP contribution in [0.25, 0.3) is 0 Å². The minimum absolute atomic E-state index is 0.0599. The highest BCUT2D eigenvalue weighted by atomic mass is 32.2. The highest BCUT2D eigenvalue weighted by Crippen LogP contribution is 2.15. The van der Waals surface area contributed by atoms with E-state index in [1.807, 2.05) is 19.9 Å². The molecule has 0 aliphatic carbocycles. The summed E-state index contributed by atoms with van der Waals surface area (Å²) in [6, 6.07) is 8.21. The third-order valence-corrected chi connectivity index (χ3v) is 4.20. The number of carboxylic acids is 1. The summed E-state index contributed by atoms with van der Waals surface area (Å²) in [6.07, 6.45) is -0.137. The number of benzene rings is 1. The lowest BCUT2D eigenvalue weighted by atomic mass is 10.2. The predicted molar refractivity (Wildman–Crippen MR) is 102 cm³/mol. The minimum atomic E-state index is -0.975. The Labute approximate surface area is 160 Å². The van der Waals surface area contributed by atoms with Gasteiger partial charge in [-0.25, -0.2) is 9.97 Å². The summed E-state index contributed by atoms with van der Waals surface area (Å²) in [5, 5.41) is 14.4. The van der Waals surface area contributed by atoms with Crippen molar-refractivity contribution in [1.29, 1.82) is 0 Å².